The zero-order valence-corrected chi connectivity index (χ0v) is 8.83. The van der Waals surface area contributed by atoms with E-state index in [1.54, 1.807) is 0 Å². The molecule has 0 aliphatic carbocycles. The number of ether oxygens (including phenoxy) is 1. The van der Waals surface area contributed by atoms with Crippen LogP contribution in [0.1, 0.15) is 6.42 Å². The van der Waals surface area contributed by atoms with Crippen LogP contribution in [0.15, 0.2) is 29.4 Å². The normalized spacial score (nSPS) is 20.9. The maximum Gasteiger partial charge on any atom is 0.0884 e. The Kier molecular flexibility index (Phi) is 2.02. The van der Waals surface area contributed by atoms with Crippen molar-refractivity contribution in [2.75, 3.05) is 24.7 Å². The lowest BCUT2D eigenvalue weighted by atomic mass is 9.82. The van der Waals surface area contributed by atoms with Crippen molar-refractivity contribution in [3.8, 4) is 0 Å². The molecule has 82 valence electrons. The van der Waals surface area contributed by atoms with Crippen molar-refractivity contribution in [3.05, 3.63) is 34.7 Å². The summed E-state index contributed by atoms with van der Waals surface area (Å²) in [4.78, 5) is 5.13. The van der Waals surface area contributed by atoms with Crippen molar-refractivity contribution in [1.82, 2.24) is 0 Å². The van der Waals surface area contributed by atoms with Crippen LogP contribution in [0.5, 0.6) is 0 Å². The Morgan fingerprint density at radius 1 is 1.31 bits per heavy atom. The van der Waals surface area contributed by atoms with E-state index in [9.17, 15) is 0 Å². The number of hydrogen-bond donors (Lipinski definition) is 0. The molecular weight excluding hydrogens is 204 g/mol. The van der Waals surface area contributed by atoms with Crippen molar-refractivity contribution < 1.29 is 4.74 Å². The van der Waals surface area contributed by atoms with Gasteiger partial charge in [0.15, 0.2) is 0 Å². The topological polar surface area (TPSA) is 61.2 Å². The highest BCUT2D eigenvalue weighted by Gasteiger charge is 2.50. The minimum atomic E-state index is 0.264. The minimum Gasteiger partial charge on any atom is -0.376 e. The lowest BCUT2D eigenvalue weighted by molar-refractivity contribution is -0.0847. The van der Waals surface area contributed by atoms with Crippen LogP contribution < -0.4 is 4.90 Å². The molecule has 2 saturated heterocycles. The molecule has 1 aromatic rings. The summed E-state index contributed by atoms with van der Waals surface area (Å²) in [6.07, 6.45) is 1.21. The largest absolute Gasteiger partial charge is 0.376 e. The number of azide groups is 1. The van der Waals surface area contributed by atoms with E-state index in [0.717, 1.165) is 19.8 Å². The molecule has 2 aliphatic rings. The Labute approximate surface area is 93.3 Å². The van der Waals surface area contributed by atoms with Crippen LogP contribution in [-0.2, 0) is 4.74 Å². The second kappa shape index (κ2) is 3.40. The fourth-order valence-electron chi connectivity index (χ4n) is 2.33. The molecule has 0 aromatic heterocycles. The minimum absolute atomic E-state index is 0.264. The van der Waals surface area contributed by atoms with E-state index in [1.807, 2.05) is 24.3 Å². The average molecular weight is 216 g/mol. The van der Waals surface area contributed by atoms with Gasteiger partial charge in [-0.05, 0) is 24.1 Å². The molecule has 0 saturated carbocycles. The molecule has 0 unspecified atom stereocenters. The first-order valence-corrected chi connectivity index (χ1v) is 5.35. The summed E-state index contributed by atoms with van der Waals surface area (Å²) in [5.41, 5.74) is 10.4. The number of rotatable bonds is 2. The van der Waals surface area contributed by atoms with Crippen LogP contribution >= 0.6 is 0 Å². The molecule has 1 aromatic carbocycles. The third kappa shape index (κ3) is 1.26. The SMILES string of the molecule is [N-]=[N+]=Nc1ccc(N2CCC23COC3)cc1. The average Bonchev–Trinajstić information content (AvgIpc) is 2.17. The first-order valence-electron chi connectivity index (χ1n) is 5.35. The summed E-state index contributed by atoms with van der Waals surface area (Å²) in [7, 11) is 0. The summed E-state index contributed by atoms with van der Waals surface area (Å²) in [5.74, 6) is 0. The number of nitrogens with zero attached hydrogens (tertiary/aromatic N) is 4. The Morgan fingerprint density at radius 2 is 2.06 bits per heavy atom. The molecule has 0 radical (unpaired) electrons. The zero-order valence-electron chi connectivity index (χ0n) is 8.83. The van der Waals surface area contributed by atoms with Gasteiger partial charge in [0.1, 0.15) is 0 Å². The molecular formula is C11H12N4O. The highest BCUT2D eigenvalue weighted by atomic mass is 16.5. The Hall–Kier alpha value is -1.71. The molecule has 1 spiro atoms. The summed E-state index contributed by atoms with van der Waals surface area (Å²) in [5, 5.41) is 3.56. The van der Waals surface area contributed by atoms with E-state index in [4.69, 9.17) is 10.3 Å². The summed E-state index contributed by atoms with van der Waals surface area (Å²) < 4.78 is 5.29. The van der Waals surface area contributed by atoms with Crippen LogP contribution in [0.25, 0.3) is 10.4 Å². The maximum atomic E-state index is 8.32. The molecule has 16 heavy (non-hydrogen) atoms. The third-order valence-electron chi connectivity index (χ3n) is 3.44. The van der Waals surface area contributed by atoms with E-state index >= 15 is 0 Å². The highest BCUT2D eigenvalue weighted by Crippen LogP contribution is 2.41. The van der Waals surface area contributed by atoms with Crippen molar-refractivity contribution in [1.29, 1.82) is 0 Å². The van der Waals surface area contributed by atoms with Gasteiger partial charge in [-0.15, -0.1) is 0 Å². The Bertz CT molecular complexity index is 440. The third-order valence-corrected chi connectivity index (χ3v) is 3.44. The van der Waals surface area contributed by atoms with Crippen molar-refractivity contribution in [2.24, 2.45) is 5.11 Å². The Balaban J connectivity index is 1.82. The van der Waals surface area contributed by atoms with Crippen molar-refractivity contribution in [2.45, 2.75) is 12.0 Å². The lowest BCUT2D eigenvalue weighted by Gasteiger charge is -2.58. The molecule has 0 amide bonds. The first kappa shape index (κ1) is 9.51. The van der Waals surface area contributed by atoms with Crippen molar-refractivity contribution in [3.63, 3.8) is 0 Å². The van der Waals surface area contributed by atoms with E-state index in [1.165, 1.54) is 12.1 Å². The van der Waals surface area contributed by atoms with Gasteiger partial charge in [-0.25, -0.2) is 0 Å². The molecule has 2 heterocycles. The summed E-state index contributed by atoms with van der Waals surface area (Å²) in [6, 6.07) is 7.70. The highest BCUT2D eigenvalue weighted by molar-refractivity contribution is 5.57. The predicted molar refractivity (Wildman–Crippen MR) is 60.8 cm³/mol. The number of anilines is 1. The molecule has 0 bridgehead atoms. The molecule has 5 nitrogen and oxygen atoms in total. The monoisotopic (exact) mass is 216 g/mol. The number of benzene rings is 1. The molecule has 2 fully saturated rings. The van der Waals surface area contributed by atoms with Crippen LogP contribution in [0.2, 0.25) is 0 Å². The van der Waals surface area contributed by atoms with E-state index in [0.29, 0.717) is 5.69 Å². The van der Waals surface area contributed by atoms with Gasteiger partial charge in [-0.1, -0.05) is 17.2 Å². The van der Waals surface area contributed by atoms with Crippen molar-refractivity contribution >= 4 is 11.4 Å². The summed E-state index contributed by atoms with van der Waals surface area (Å²) >= 11 is 0. The van der Waals surface area contributed by atoms with Gasteiger partial charge in [0.25, 0.3) is 0 Å². The molecule has 0 N–H and O–H groups in total. The second-order valence-electron chi connectivity index (χ2n) is 4.32. The smallest absolute Gasteiger partial charge is 0.0884 e. The van der Waals surface area contributed by atoms with E-state index in [-0.39, 0.29) is 5.54 Å². The fourth-order valence-corrected chi connectivity index (χ4v) is 2.33. The zero-order chi connectivity index (χ0) is 11.0. The first-order chi connectivity index (χ1) is 7.84. The van der Waals surface area contributed by atoms with Gasteiger partial charge < -0.3 is 9.64 Å². The van der Waals surface area contributed by atoms with Gasteiger partial charge in [-0.2, -0.15) is 0 Å². The molecule has 2 aliphatic heterocycles. The second-order valence-corrected chi connectivity index (χ2v) is 4.32. The molecule has 0 atom stereocenters. The summed E-state index contributed by atoms with van der Waals surface area (Å²) in [6.45, 7) is 2.76. The van der Waals surface area contributed by atoms with Crippen LogP contribution in [0.4, 0.5) is 11.4 Å². The fraction of sp³-hybridized carbons (Fsp3) is 0.455. The van der Waals surface area contributed by atoms with Gasteiger partial charge in [-0.3, -0.25) is 0 Å². The molecule has 3 rings (SSSR count). The van der Waals surface area contributed by atoms with Gasteiger partial charge in [0, 0.05) is 22.8 Å². The van der Waals surface area contributed by atoms with Gasteiger partial charge >= 0.3 is 0 Å². The van der Waals surface area contributed by atoms with Crippen LogP contribution in [0, 0.1) is 0 Å². The molecule has 5 heteroatoms. The van der Waals surface area contributed by atoms with Gasteiger partial charge in [0.2, 0.25) is 0 Å². The number of hydrogen-bond acceptors (Lipinski definition) is 3. The van der Waals surface area contributed by atoms with Crippen LogP contribution in [-0.4, -0.2) is 25.3 Å². The quantitative estimate of drug-likeness (QED) is 0.433. The predicted octanol–water partition coefficient (Wildman–Crippen LogP) is 2.61. The van der Waals surface area contributed by atoms with E-state index in [2.05, 4.69) is 14.9 Å². The Morgan fingerprint density at radius 3 is 2.50 bits per heavy atom. The maximum absolute atomic E-state index is 8.32. The van der Waals surface area contributed by atoms with Crippen LogP contribution in [0.3, 0.4) is 0 Å². The lowest BCUT2D eigenvalue weighted by Crippen LogP contribution is -2.71. The standard InChI is InChI=1S/C11H12N4O/c12-14-13-9-1-3-10(4-2-9)15-6-5-11(15)7-16-8-11/h1-4H,5-8H2. The van der Waals surface area contributed by atoms with E-state index < -0.39 is 0 Å². The van der Waals surface area contributed by atoms with Gasteiger partial charge in [0.05, 0.1) is 18.8 Å².